The van der Waals surface area contributed by atoms with Gasteiger partial charge >= 0.3 is 0 Å². The van der Waals surface area contributed by atoms with Gasteiger partial charge in [-0.3, -0.25) is 0 Å². The van der Waals surface area contributed by atoms with Crippen LogP contribution in [0.25, 0.3) is 11.4 Å². The molecule has 1 aliphatic rings. The summed E-state index contributed by atoms with van der Waals surface area (Å²) >= 11 is 0. The number of benzene rings is 1. The monoisotopic (exact) mass is 356 g/mol. The molecule has 0 radical (unpaired) electrons. The van der Waals surface area contributed by atoms with Crippen molar-refractivity contribution in [2.24, 2.45) is 5.92 Å². The maximum atomic E-state index is 13.3. The predicted molar refractivity (Wildman–Crippen MR) is 92.9 cm³/mol. The van der Waals surface area contributed by atoms with E-state index < -0.39 is 17.9 Å². The second-order valence-corrected chi connectivity index (χ2v) is 5.79. The van der Waals surface area contributed by atoms with Gasteiger partial charge in [-0.15, -0.1) is 0 Å². The first-order valence-electron chi connectivity index (χ1n) is 8.34. The lowest BCUT2D eigenvalue weighted by Crippen LogP contribution is -2.30. The summed E-state index contributed by atoms with van der Waals surface area (Å²) in [6, 6.07) is 3.53. The third-order valence-electron chi connectivity index (χ3n) is 3.73. The summed E-state index contributed by atoms with van der Waals surface area (Å²) in [5.41, 5.74) is 0.977. The van der Waals surface area contributed by atoms with Crippen molar-refractivity contribution in [2.75, 3.05) is 13.2 Å². The summed E-state index contributed by atoms with van der Waals surface area (Å²) < 4.78 is 37.4. The Balaban J connectivity index is 1.61. The highest BCUT2D eigenvalue weighted by Gasteiger charge is 2.18. The van der Waals surface area contributed by atoms with Crippen molar-refractivity contribution in [2.45, 2.75) is 19.6 Å². The fourth-order valence-electron chi connectivity index (χ4n) is 2.36. The predicted octanol–water partition coefficient (Wildman–Crippen LogP) is 3.73. The number of hydrogen-bond donors (Lipinski definition) is 0. The summed E-state index contributed by atoms with van der Waals surface area (Å²) in [6.07, 6.45) is 7.63. The summed E-state index contributed by atoms with van der Waals surface area (Å²) in [5.74, 6) is 4.49. The molecule has 0 bridgehead atoms. The van der Waals surface area contributed by atoms with Gasteiger partial charge in [-0.05, 0) is 30.5 Å². The lowest BCUT2D eigenvalue weighted by molar-refractivity contribution is -0.160. The first-order valence-corrected chi connectivity index (χ1v) is 8.34. The molecule has 0 unspecified atom stereocenters. The largest absolute Gasteiger partial charge is 0.341 e. The summed E-state index contributed by atoms with van der Waals surface area (Å²) in [5, 5.41) is 0. The highest BCUT2D eigenvalue weighted by Crippen LogP contribution is 2.17. The molecule has 1 fully saturated rings. The molecule has 0 spiro atoms. The maximum Gasteiger partial charge on any atom is 0.222 e. The minimum absolute atomic E-state index is 0.256. The van der Waals surface area contributed by atoms with E-state index in [0.29, 0.717) is 30.2 Å². The second-order valence-electron chi connectivity index (χ2n) is 5.79. The Morgan fingerprint density at radius 1 is 1.15 bits per heavy atom. The fourth-order valence-corrected chi connectivity index (χ4v) is 2.36. The van der Waals surface area contributed by atoms with Gasteiger partial charge < -0.3 is 9.47 Å². The zero-order chi connectivity index (χ0) is 18.4. The van der Waals surface area contributed by atoms with Crippen LogP contribution in [0.15, 0.2) is 42.7 Å². The summed E-state index contributed by atoms with van der Waals surface area (Å²) in [7, 11) is 0. The van der Waals surface area contributed by atoms with E-state index >= 15 is 0 Å². The third-order valence-corrected chi connectivity index (χ3v) is 3.73. The van der Waals surface area contributed by atoms with Gasteiger partial charge in [-0.2, -0.15) is 0 Å². The van der Waals surface area contributed by atoms with Gasteiger partial charge in [0.25, 0.3) is 0 Å². The van der Waals surface area contributed by atoms with Gasteiger partial charge in [-0.25, -0.2) is 18.7 Å². The van der Waals surface area contributed by atoms with E-state index in [9.17, 15) is 8.78 Å². The van der Waals surface area contributed by atoms with Crippen molar-refractivity contribution >= 4 is 0 Å². The molecule has 0 aliphatic carbocycles. The smallest absolute Gasteiger partial charge is 0.222 e. The zero-order valence-electron chi connectivity index (χ0n) is 14.3. The molecule has 4 nitrogen and oxygen atoms in total. The molecule has 134 valence electrons. The highest BCUT2D eigenvalue weighted by atomic mass is 19.2. The number of hydrogen-bond acceptors (Lipinski definition) is 4. The Morgan fingerprint density at radius 3 is 2.54 bits per heavy atom. The molecule has 1 aliphatic heterocycles. The van der Waals surface area contributed by atoms with Gasteiger partial charge in [0, 0.05) is 23.9 Å². The van der Waals surface area contributed by atoms with Crippen LogP contribution in [0.5, 0.6) is 0 Å². The molecule has 2 aromatic rings. The lowest BCUT2D eigenvalue weighted by atomic mass is 10.1. The molecule has 0 atom stereocenters. The minimum Gasteiger partial charge on any atom is -0.341 e. The molecule has 0 N–H and O–H groups in total. The molecule has 2 heterocycles. The van der Waals surface area contributed by atoms with Crippen molar-refractivity contribution < 1.29 is 18.3 Å². The van der Waals surface area contributed by atoms with Gasteiger partial charge in [0.2, 0.25) is 6.29 Å². The molecule has 26 heavy (non-hydrogen) atoms. The standard InChI is InChI=1S/C20H18F2N2O2/c1-2-3-4-15-12-25-19(26-13-15)8-5-14-10-23-20(24-11-14)16-6-7-17(21)18(22)9-16/h3-4,6-7,9-11,15,19H,2,12-13H2,1H3/t15-,19-. The van der Waals surface area contributed by atoms with Gasteiger partial charge in [0.1, 0.15) is 0 Å². The van der Waals surface area contributed by atoms with Crippen LogP contribution in [-0.4, -0.2) is 29.5 Å². The molecule has 0 amide bonds. The van der Waals surface area contributed by atoms with Crippen LogP contribution in [0, 0.1) is 29.4 Å². The van der Waals surface area contributed by atoms with Gasteiger partial charge in [-0.1, -0.05) is 25.0 Å². The Bertz CT molecular complexity index is 833. The Kier molecular flexibility index (Phi) is 6.05. The van der Waals surface area contributed by atoms with E-state index in [1.165, 1.54) is 18.5 Å². The van der Waals surface area contributed by atoms with Crippen LogP contribution in [0.3, 0.4) is 0 Å². The van der Waals surface area contributed by atoms with E-state index in [1.54, 1.807) is 0 Å². The molecular weight excluding hydrogens is 338 g/mol. The number of halogens is 2. The zero-order valence-corrected chi connectivity index (χ0v) is 14.3. The highest BCUT2D eigenvalue weighted by molar-refractivity contribution is 5.55. The quantitative estimate of drug-likeness (QED) is 0.621. The van der Waals surface area contributed by atoms with Gasteiger partial charge in [0.05, 0.1) is 18.8 Å². The average Bonchev–Trinajstić information content (AvgIpc) is 2.68. The molecule has 1 aromatic heterocycles. The van der Waals surface area contributed by atoms with Crippen molar-refractivity contribution in [1.29, 1.82) is 0 Å². The Hall–Kier alpha value is -2.62. The van der Waals surface area contributed by atoms with Crippen molar-refractivity contribution in [1.82, 2.24) is 9.97 Å². The van der Waals surface area contributed by atoms with Crippen LogP contribution in [-0.2, 0) is 9.47 Å². The molecular formula is C20H18F2N2O2. The third kappa shape index (κ3) is 4.72. The van der Waals surface area contributed by atoms with Crippen LogP contribution in [0.4, 0.5) is 8.78 Å². The van der Waals surface area contributed by atoms with Crippen molar-refractivity contribution in [3.8, 4) is 23.2 Å². The number of ether oxygens (including phenoxy) is 2. The Morgan fingerprint density at radius 2 is 1.88 bits per heavy atom. The van der Waals surface area contributed by atoms with E-state index in [4.69, 9.17) is 9.47 Å². The van der Waals surface area contributed by atoms with Crippen LogP contribution >= 0.6 is 0 Å². The lowest BCUT2D eigenvalue weighted by Gasteiger charge is -2.24. The molecule has 3 rings (SSSR count). The van der Waals surface area contributed by atoms with Gasteiger partial charge in [0.15, 0.2) is 17.5 Å². The maximum absolute atomic E-state index is 13.3. The molecule has 0 saturated carbocycles. The van der Waals surface area contributed by atoms with Crippen molar-refractivity contribution in [3.63, 3.8) is 0 Å². The van der Waals surface area contributed by atoms with E-state index in [1.807, 2.05) is 0 Å². The number of allylic oxidation sites excluding steroid dienone is 1. The average molecular weight is 356 g/mol. The molecule has 6 heteroatoms. The molecule has 1 saturated heterocycles. The van der Waals surface area contributed by atoms with E-state index in [2.05, 4.69) is 40.9 Å². The van der Waals surface area contributed by atoms with Crippen molar-refractivity contribution in [3.05, 3.63) is 59.9 Å². The second kappa shape index (κ2) is 8.65. The normalized spacial score (nSPS) is 20.0. The number of aromatic nitrogens is 2. The summed E-state index contributed by atoms with van der Waals surface area (Å²) in [4.78, 5) is 8.27. The Labute approximate surface area is 150 Å². The fraction of sp³-hybridized carbons (Fsp3) is 0.300. The topological polar surface area (TPSA) is 44.2 Å². The molecule has 1 aromatic carbocycles. The first-order chi connectivity index (χ1) is 12.7. The van der Waals surface area contributed by atoms with E-state index in [0.717, 1.165) is 18.6 Å². The first kappa shape index (κ1) is 18.2. The minimum atomic E-state index is -0.936. The van der Waals surface area contributed by atoms with Crippen LogP contribution in [0.1, 0.15) is 18.9 Å². The SMILES string of the molecule is CCC=C[C@H]1CO[C@H](C#Cc2cnc(-c3ccc(F)c(F)c3)nc2)OC1. The number of rotatable bonds is 3. The van der Waals surface area contributed by atoms with Crippen LogP contribution in [0.2, 0.25) is 0 Å². The number of nitrogens with zero attached hydrogens (tertiary/aromatic N) is 2. The summed E-state index contributed by atoms with van der Waals surface area (Å²) in [6.45, 7) is 3.22. The van der Waals surface area contributed by atoms with E-state index in [-0.39, 0.29) is 5.92 Å². The van der Waals surface area contributed by atoms with Crippen LogP contribution < -0.4 is 0 Å².